The summed E-state index contributed by atoms with van der Waals surface area (Å²) in [6, 6.07) is 10.2. The van der Waals surface area contributed by atoms with Gasteiger partial charge in [0.25, 0.3) is 0 Å². The van der Waals surface area contributed by atoms with E-state index in [4.69, 9.17) is 10.5 Å². The summed E-state index contributed by atoms with van der Waals surface area (Å²) in [7, 11) is 0. The molecule has 102 valence electrons. The van der Waals surface area contributed by atoms with Crippen LogP contribution in [-0.2, 0) is 6.54 Å². The van der Waals surface area contributed by atoms with E-state index in [1.165, 1.54) is 6.07 Å². The maximum absolute atomic E-state index is 13.5. The molecule has 0 aliphatic rings. The Morgan fingerprint density at radius 3 is 2.90 bits per heavy atom. The highest BCUT2D eigenvalue weighted by Crippen LogP contribution is 2.28. The van der Waals surface area contributed by atoms with Crippen molar-refractivity contribution in [3.05, 3.63) is 58.6 Å². The molecule has 0 saturated carbocycles. The second-order valence-electron chi connectivity index (χ2n) is 4.17. The van der Waals surface area contributed by atoms with Crippen molar-refractivity contribution >= 4 is 21.6 Å². The van der Waals surface area contributed by atoms with E-state index in [1.54, 1.807) is 12.1 Å². The summed E-state index contributed by atoms with van der Waals surface area (Å²) in [5, 5.41) is 0. The monoisotopic (exact) mass is 335 g/mol. The van der Waals surface area contributed by atoms with E-state index in [0.717, 1.165) is 11.3 Å². The number of ether oxygens (including phenoxy) is 1. The fourth-order valence-corrected chi connectivity index (χ4v) is 2.19. The zero-order valence-electron chi connectivity index (χ0n) is 10.4. The molecule has 2 N–H and O–H groups in total. The van der Waals surface area contributed by atoms with Crippen molar-refractivity contribution in [2.75, 3.05) is 0 Å². The third-order valence-corrected chi connectivity index (χ3v) is 3.53. The van der Waals surface area contributed by atoms with Gasteiger partial charge >= 0.3 is 0 Å². The SMILES string of the molecule is NCc1c(Oc2ccc(Br)c(F)c2)nc2ccccn12. The van der Waals surface area contributed by atoms with Crippen LogP contribution >= 0.6 is 15.9 Å². The summed E-state index contributed by atoms with van der Waals surface area (Å²) < 4.78 is 21.4. The molecule has 0 atom stereocenters. The van der Waals surface area contributed by atoms with E-state index in [1.807, 2.05) is 28.8 Å². The number of benzene rings is 1. The van der Waals surface area contributed by atoms with Crippen LogP contribution in [0, 0.1) is 5.82 Å². The number of hydrogen-bond acceptors (Lipinski definition) is 3. The number of halogens is 2. The van der Waals surface area contributed by atoms with E-state index in [-0.39, 0.29) is 12.4 Å². The van der Waals surface area contributed by atoms with Crippen molar-refractivity contribution in [2.45, 2.75) is 6.54 Å². The molecule has 0 unspecified atom stereocenters. The Morgan fingerprint density at radius 1 is 1.30 bits per heavy atom. The largest absolute Gasteiger partial charge is 0.437 e. The summed E-state index contributed by atoms with van der Waals surface area (Å²) in [4.78, 5) is 4.36. The minimum atomic E-state index is -0.388. The molecular formula is C14H11BrFN3O. The fourth-order valence-electron chi connectivity index (χ4n) is 1.94. The van der Waals surface area contributed by atoms with Gasteiger partial charge in [0.15, 0.2) is 0 Å². The molecular weight excluding hydrogens is 325 g/mol. The predicted molar refractivity (Wildman–Crippen MR) is 77.3 cm³/mol. The molecule has 1 aromatic carbocycles. The average Bonchev–Trinajstić information content (AvgIpc) is 2.80. The van der Waals surface area contributed by atoms with Crippen LogP contribution in [0.15, 0.2) is 47.1 Å². The van der Waals surface area contributed by atoms with E-state index in [9.17, 15) is 4.39 Å². The summed E-state index contributed by atoms with van der Waals surface area (Å²) in [6.45, 7) is 0.277. The highest BCUT2D eigenvalue weighted by molar-refractivity contribution is 9.10. The number of hydrogen-bond donors (Lipinski definition) is 1. The number of fused-ring (bicyclic) bond motifs is 1. The Balaban J connectivity index is 2.03. The quantitative estimate of drug-likeness (QED) is 0.797. The summed E-state index contributed by atoms with van der Waals surface area (Å²) in [6.07, 6.45) is 1.86. The topological polar surface area (TPSA) is 52.5 Å². The van der Waals surface area contributed by atoms with Gasteiger partial charge in [-0.3, -0.25) is 4.40 Å². The van der Waals surface area contributed by atoms with Gasteiger partial charge in [0.1, 0.15) is 22.9 Å². The first kappa shape index (κ1) is 13.1. The first-order valence-electron chi connectivity index (χ1n) is 5.98. The molecule has 0 fully saturated rings. The lowest BCUT2D eigenvalue weighted by molar-refractivity contribution is 0.454. The number of imidazole rings is 1. The van der Waals surface area contributed by atoms with Gasteiger partial charge in [-0.2, -0.15) is 4.98 Å². The van der Waals surface area contributed by atoms with Gasteiger partial charge in [-0.05, 0) is 40.2 Å². The zero-order chi connectivity index (χ0) is 14.1. The summed E-state index contributed by atoms with van der Waals surface area (Å²) in [5.41, 5.74) is 7.22. The van der Waals surface area contributed by atoms with E-state index in [0.29, 0.717) is 16.1 Å². The van der Waals surface area contributed by atoms with E-state index < -0.39 is 0 Å². The van der Waals surface area contributed by atoms with Crippen LogP contribution in [0.25, 0.3) is 5.65 Å². The zero-order valence-corrected chi connectivity index (χ0v) is 12.0. The highest BCUT2D eigenvalue weighted by atomic mass is 79.9. The highest BCUT2D eigenvalue weighted by Gasteiger charge is 2.13. The number of nitrogens with zero attached hydrogens (tertiary/aromatic N) is 2. The minimum Gasteiger partial charge on any atom is -0.437 e. The van der Waals surface area contributed by atoms with Crippen molar-refractivity contribution in [2.24, 2.45) is 5.73 Å². The second-order valence-corrected chi connectivity index (χ2v) is 5.03. The van der Waals surface area contributed by atoms with Crippen LogP contribution in [0.4, 0.5) is 4.39 Å². The van der Waals surface area contributed by atoms with Crippen LogP contribution in [-0.4, -0.2) is 9.38 Å². The molecule has 2 heterocycles. The molecule has 3 rings (SSSR count). The van der Waals surface area contributed by atoms with Gasteiger partial charge in [0.2, 0.25) is 5.88 Å². The third kappa shape index (κ3) is 2.28. The number of rotatable bonds is 3. The number of aromatic nitrogens is 2. The van der Waals surface area contributed by atoms with Crippen LogP contribution < -0.4 is 10.5 Å². The second kappa shape index (κ2) is 5.22. The molecule has 0 amide bonds. The maximum atomic E-state index is 13.5. The Bertz CT molecular complexity index is 772. The smallest absolute Gasteiger partial charge is 0.242 e. The Hall–Kier alpha value is -1.92. The predicted octanol–water partition coefficient (Wildman–Crippen LogP) is 3.49. The molecule has 3 aromatic rings. The van der Waals surface area contributed by atoms with Crippen LogP contribution in [0.5, 0.6) is 11.6 Å². The number of nitrogens with two attached hydrogens (primary N) is 1. The van der Waals surface area contributed by atoms with E-state index >= 15 is 0 Å². The Labute approximate surface area is 123 Å². The normalized spacial score (nSPS) is 10.9. The van der Waals surface area contributed by atoms with Gasteiger partial charge in [-0.15, -0.1) is 0 Å². The van der Waals surface area contributed by atoms with Crippen LogP contribution in [0.3, 0.4) is 0 Å². The lowest BCUT2D eigenvalue weighted by atomic mass is 10.3. The third-order valence-electron chi connectivity index (χ3n) is 2.89. The van der Waals surface area contributed by atoms with Crippen LogP contribution in [0.1, 0.15) is 5.69 Å². The van der Waals surface area contributed by atoms with Crippen molar-refractivity contribution in [1.82, 2.24) is 9.38 Å². The van der Waals surface area contributed by atoms with Gasteiger partial charge < -0.3 is 10.5 Å². The molecule has 0 aliphatic carbocycles. The van der Waals surface area contributed by atoms with Gasteiger partial charge in [0.05, 0.1) is 4.47 Å². The van der Waals surface area contributed by atoms with Gasteiger partial charge in [-0.1, -0.05) is 6.07 Å². The van der Waals surface area contributed by atoms with Crippen molar-refractivity contribution < 1.29 is 9.13 Å². The minimum absolute atomic E-state index is 0.277. The molecule has 0 bridgehead atoms. The first-order valence-corrected chi connectivity index (χ1v) is 6.77. The molecule has 20 heavy (non-hydrogen) atoms. The van der Waals surface area contributed by atoms with E-state index in [2.05, 4.69) is 20.9 Å². The lowest BCUT2D eigenvalue weighted by Crippen LogP contribution is -2.02. The van der Waals surface area contributed by atoms with Gasteiger partial charge in [-0.25, -0.2) is 4.39 Å². The Kier molecular flexibility index (Phi) is 3.42. The van der Waals surface area contributed by atoms with Crippen molar-refractivity contribution in [3.63, 3.8) is 0 Å². The average molecular weight is 336 g/mol. The molecule has 0 aliphatic heterocycles. The Morgan fingerprint density at radius 2 is 2.15 bits per heavy atom. The van der Waals surface area contributed by atoms with Crippen molar-refractivity contribution in [1.29, 1.82) is 0 Å². The number of pyridine rings is 1. The van der Waals surface area contributed by atoms with Crippen molar-refractivity contribution in [3.8, 4) is 11.6 Å². The van der Waals surface area contributed by atoms with Crippen LogP contribution in [0.2, 0.25) is 0 Å². The fraction of sp³-hybridized carbons (Fsp3) is 0.0714. The standard InChI is InChI=1S/C14H11BrFN3O/c15-10-5-4-9(7-11(10)16)20-14-12(8-17)19-6-2-1-3-13(19)18-14/h1-7H,8,17H2. The molecule has 0 radical (unpaired) electrons. The summed E-state index contributed by atoms with van der Waals surface area (Å²) >= 11 is 3.10. The summed E-state index contributed by atoms with van der Waals surface area (Å²) in [5.74, 6) is 0.379. The molecule has 0 spiro atoms. The molecule has 6 heteroatoms. The molecule has 4 nitrogen and oxygen atoms in total. The first-order chi connectivity index (χ1) is 9.69. The lowest BCUT2D eigenvalue weighted by Gasteiger charge is -2.05. The maximum Gasteiger partial charge on any atom is 0.242 e. The van der Waals surface area contributed by atoms with Gasteiger partial charge in [0, 0.05) is 18.8 Å². The molecule has 2 aromatic heterocycles. The molecule has 0 saturated heterocycles.